The molecule has 0 heterocycles. The second-order valence-corrected chi connectivity index (χ2v) is 6.46. The molecule has 0 spiro atoms. The highest BCUT2D eigenvalue weighted by molar-refractivity contribution is 5.79. The van der Waals surface area contributed by atoms with Gasteiger partial charge < -0.3 is 15.7 Å². The Morgan fingerprint density at radius 1 is 1.18 bits per heavy atom. The zero-order valence-corrected chi connectivity index (χ0v) is 13.0. The first-order valence-electron chi connectivity index (χ1n) is 8.12. The van der Waals surface area contributed by atoms with Gasteiger partial charge in [-0.1, -0.05) is 12.8 Å². The van der Waals surface area contributed by atoms with E-state index in [4.69, 9.17) is 0 Å². The summed E-state index contributed by atoms with van der Waals surface area (Å²) in [4.78, 5) is 4.09. The molecule has 4 unspecified atom stereocenters. The van der Waals surface area contributed by atoms with Crippen molar-refractivity contribution in [2.24, 2.45) is 16.8 Å². The van der Waals surface area contributed by atoms with Crippen molar-refractivity contribution >= 4 is 5.96 Å². The summed E-state index contributed by atoms with van der Waals surface area (Å²) in [6.07, 6.45) is 0.0899. The van der Waals surface area contributed by atoms with Gasteiger partial charge in [0.25, 0.3) is 0 Å². The van der Waals surface area contributed by atoms with Gasteiger partial charge in [0.05, 0.1) is 12.0 Å². The van der Waals surface area contributed by atoms with Crippen LogP contribution in [0.25, 0.3) is 0 Å². The topological polar surface area (TPSA) is 56.7 Å². The quantitative estimate of drug-likeness (QED) is 0.553. The first kappa shape index (κ1) is 17.4. The first-order valence-corrected chi connectivity index (χ1v) is 8.12. The standard InChI is InChI=1S/C15H26F3N3O/c1-19-14(20-9-10-4-2-7-13(10)22)21-12-6-3-5-11(8-12)15(16,17)18/h10-13,22H,2-9H2,1H3,(H2,19,20,21). The Hall–Kier alpha value is -0.980. The summed E-state index contributed by atoms with van der Waals surface area (Å²) >= 11 is 0. The number of aliphatic imine (C=N–C) groups is 1. The molecule has 128 valence electrons. The van der Waals surface area contributed by atoms with E-state index >= 15 is 0 Å². The lowest BCUT2D eigenvalue weighted by atomic mass is 9.85. The maximum Gasteiger partial charge on any atom is 0.391 e. The predicted octanol–water partition coefficient (Wildman–Crippen LogP) is 2.43. The largest absolute Gasteiger partial charge is 0.393 e. The fourth-order valence-corrected chi connectivity index (χ4v) is 3.49. The van der Waals surface area contributed by atoms with E-state index in [-0.39, 0.29) is 30.9 Å². The van der Waals surface area contributed by atoms with Crippen molar-refractivity contribution in [3.05, 3.63) is 0 Å². The van der Waals surface area contributed by atoms with Gasteiger partial charge in [0.1, 0.15) is 0 Å². The average Bonchev–Trinajstić information content (AvgIpc) is 2.88. The van der Waals surface area contributed by atoms with Gasteiger partial charge in [-0.15, -0.1) is 0 Å². The minimum Gasteiger partial charge on any atom is -0.393 e. The molecule has 2 aliphatic rings. The second kappa shape index (κ2) is 7.53. The SMILES string of the molecule is CN=C(NCC1CCCC1O)NC1CCCC(C(F)(F)F)C1. The lowest BCUT2D eigenvalue weighted by Crippen LogP contribution is -2.48. The van der Waals surface area contributed by atoms with E-state index in [2.05, 4.69) is 15.6 Å². The van der Waals surface area contributed by atoms with Gasteiger partial charge in [0.2, 0.25) is 0 Å². The van der Waals surface area contributed by atoms with Gasteiger partial charge in [-0.25, -0.2) is 0 Å². The maximum atomic E-state index is 12.8. The average molecular weight is 321 g/mol. The number of nitrogens with zero attached hydrogens (tertiary/aromatic N) is 1. The molecule has 2 rings (SSSR count). The molecule has 0 aromatic carbocycles. The highest BCUT2D eigenvalue weighted by Gasteiger charge is 2.42. The van der Waals surface area contributed by atoms with Crippen molar-refractivity contribution in [2.75, 3.05) is 13.6 Å². The lowest BCUT2D eigenvalue weighted by Gasteiger charge is -2.32. The van der Waals surface area contributed by atoms with Gasteiger partial charge >= 0.3 is 6.18 Å². The normalized spacial score (nSPS) is 33.8. The molecule has 0 radical (unpaired) electrons. The van der Waals surface area contributed by atoms with Crippen molar-refractivity contribution < 1.29 is 18.3 Å². The second-order valence-electron chi connectivity index (χ2n) is 6.46. The van der Waals surface area contributed by atoms with Gasteiger partial charge in [0.15, 0.2) is 5.96 Å². The highest BCUT2D eigenvalue weighted by atomic mass is 19.4. The van der Waals surface area contributed by atoms with Gasteiger partial charge in [0, 0.05) is 25.6 Å². The molecule has 0 bridgehead atoms. The Morgan fingerprint density at radius 3 is 2.50 bits per heavy atom. The van der Waals surface area contributed by atoms with E-state index in [0.29, 0.717) is 18.9 Å². The summed E-state index contributed by atoms with van der Waals surface area (Å²) in [6, 6.07) is -0.194. The first-order chi connectivity index (χ1) is 10.4. The van der Waals surface area contributed by atoms with E-state index < -0.39 is 12.1 Å². The summed E-state index contributed by atoms with van der Waals surface area (Å²) < 4.78 is 38.5. The molecule has 2 saturated carbocycles. The Bertz CT molecular complexity index is 387. The highest BCUT2D eigenvalue weighted by Crippen LogP contribution is 2.37. The van der Waals surface area contributed by atoms with E-state index in [9.17, 15) is 18.3 Å². The Kier molecular flexibility index (Phi) is 5.94. The molecular formula is C15H26F3N3O. The smallest absolute Gasteiger partial charge is 0.391 e. The fraction of sp³-hybridized carbons (Fsp3) is 0.933. The molecule has 0 amide bonds. The van der Waals surface area contributed by atoms with Crippen LogP contribution in [0.1, 0.15) is 44.9 Å². The molecule has 2 aliphatic carbocycles. The van der Waals surface area contributed by atoms with Crippen molar-refractivity contribution in [3.8, 4) is 0 Å². The number of hydrogen-bond acceptors (Lipinski definition) is 2. The predicted molar refractivity (Wildman–Crippen MR) is 79.6 cm³/mol. The zero-order chi connectivity index (χ0) is 16.2. The molecule has 0 aliphatic heterocycles. The van der Waals surface area contributed by atoms with Crippen LogP contribution in [0.15, 0.2) is 4.99 Å². The van der Waals surface area contributed by atoms with Crippen LogP contribution in [0, 0.1) is 11.8 Å². The van der Waals surface area contributed by atoms with Gasteiger partial charge in [-0.2, -0.15) is 13.2 Å². The lowest BCUT2D eigenvalue weighted by molar-refractivity contribution is -0.183. The molecule has 0 aromatic rings. The third kappa shape index (κ3) is 4.76. The third-order valence-corrected chi connectivity index (χ3v) is 4.85. The van der Waals surface area contributed by atoms with Crippen LogP contribution in [0.5, 0.6) is 0 Å². The molecule has 4 atom stereocenters. The Morgan fingerprint density at radius 2 is 1.91 bits per heavy atom. The van der Waals surface area contributed by atoms with Crippen LogP contribution >= 0.6 is 0 Å². The number of alkyl halides is 3. The van der Waals surface area contributed by atoms with Crippen molar-refractivity contribution in [2.45, 2.75) is 63.3 Å². The zero-order valence-electron chi connectivity index (χ0n) is 13.0. The van der Waals surface area contributed by atoms with Crippen LogP contribution in [0.2, 0.25) is 0 Å². The minimum absolute atomic E-state index is 0.107. The monoisotopic (exact) mass is 321 g/mol. The number of hydrogen-bond donors (Lipinski definition) is 3. The van der Waals surface area contributed by atoms with Crippen LogP contribution < -0.4 is 10.6 Å². The summed E-state index contributed by atoms with van der Waals surface area (Å²) in [7, 11) is 1.62. The molecule has 7 heteroatoms. The molecule has 2 fully saturated rings. The van der Waals surface area contributed by atoms with E-state index in [1.807, 2.05) is 0 Å². The Labute approximate surface area is 129 Å². The molecule has 0 aromatic heterocycles. The fourth-order valence-electron chi connectivity index (χ4n) is 3.49. The van der Waals surface area contributed by atoms with Crippen LogP contribution in [-0.2, 0) is 0 Å². The number of rotatable bonds is 3. The summed E-state index contributed by atoms with van der Waals surface area (Å²) in [5, 5.41) is 16.0. The van der Waals surface area contributed by atoms with Crippen molar-refractivity contribution in [1.82, 2.24) is 10.6 Å². The van der Waals surface area contributed by atoms with E-state index in [1.165, 1.54) is 0 Å². The summed E-state index contributed by atoms with van der Waals surface area (Å²) in [5.41, 5.74) is 0. The molecule has 0 saturated heterocycles. The van der Waals surface area contributed by atoms with Gasteiger partial charge in [-0.05, 0) is 32.1 Å². The van der Waals surface area contributed by atoms with E-state index in [0.717, 1.165) is 25.7 Å². The number of halogens is 3. The number of aliphatic hydroxyl groups excluding tert-OH is 1. The van der Waals surface area contributed by atoms with Crippen LogP contribution in [-0.4, -0.2) is 43.0 Å². The van der Waals surface area contributed by atoms with Crippen LogP contribution in [0.4, 0.5) is 13.2 Å². The number of guanidine groups is 1. The number of nitrogens with one attached hydrogen (secondary N) is 2. The minimum atomic E-state index is -4.11. The van der Waals surface area contributed by atoms with Gasteiger partial charge in [-0.3, -0.25) is 4.99 Å². The van der Waals surface area contributed by atoms with Crippen molar-refractivity contribution in [3.63, 3.8) is 0 Å². The third-order valence-electron chi connectivity index (χ3n) is 4.85. The van der Waals surface area contributed by atoms with Crippen molar-refractivity contribution in [1.29, 1.82) is 0 Å². The molecule has 4 nitrogen and oxygen atoms in total. The van der Waals surface area contributed by atoms with Crippen LogP contribution in [0.3, 0.4) is 0 Å². The Balaban J connectivity index is 1.80. The van der Waals surface area contributed by atoms with E-state index in [1.54, 1.807) is 7.05 Å². The number of aliphatic hydroxyl groups is 1. The summed E-state index contributed by atoms with van der Waals surface area (Å²) in [5.74, 6) is -0.478. The summed E-state index contributed by atoms with van der Waals surface area (Å²) in [6.45, 7) is 0.607. The maximum absolute atomic E-state index is 12.8. The molecule has 3 N–H and O–H groups in total. The molecule has 22 heavy (non-hydrogen) atoms. The molecular weight excluding hydrogens is 295 g/mol.